The second-order valence-corrected chi connectivity index (χ2v) is 7.78. The smallest absolute Gasteiger partial charge is 0.285 e. The van der Waals surface area contributed by atoms with Gasteiger partial charge in [-0.25, -0.2) is 14.4 Å². The average molecular weight is 424 g/mol. The van der Waals surface area contributed by atoms with Crippen molar-refractivity contribution in [3.8, 4) is 11.8 Å². The molecule has 0 unspecified atom stereocenters. The highest BCUT2D eigenvalue weighted by Gasteiger charge is 2.51. The van der Waals surface area contributed by atoms with E-state index < -0.39 is 10.7 Å². The predicted molar refractivity (Wildman–Crippen MR) is 111 cm³/mol. The predicted octanol–water partition coefficient (Wildman–Crippen LogP) is 3.89. The number of nitro groups is 1. The zero-order chi connectivity index (χ0) is 20.8. The van der Waals surface area contributed by atoms with Crippen LogP contribution in [0.1, 0.15) is 5.56 Å². The van der Waals surface area contributed by atoms with Gasteiger partial charge in [-0.1, -0.05) is 29.5 Å². The molecule has 30 heavy (non-hydrogen) atoms. The molecule has 2 fully saturated rings. The molecule has 1 saturated heterocycles. The summed E-state index contributed by atoms with van der Waals surface area (Å²) in [5.41, 5.74) is 0.762. The number of benzene rings is 2. The lowest BCUT2D eigenvalue weighted by molar-refractivity contribution is -0.385. The van der Waals surface area contributed by atoms with Gasteiger partial charge in [0.1, 0.15) is 17.7 Å². The number of anilines is 2. The highest BCUT2D eigenvalue weighted by Crippen LogP contribution is 2.48. The second kappa shape index (κ2) is 7.20. The average Bonchev–Trinajstić information content (AvgIpc) is 3.15. The van der Waals surface area contributed by atoms with Crippen molar-refractivity contribution in [2.24, 2.45) is 17.8 Å². The van der Waals surface area contributed by atoms with Crippen LogP contribution >= 0.6 is 11.6 Å². The minimum Gasteiger partial charge on any atom is -0.337 e. The van der Waals surface area contributed by atoms with E-state index in [1.807, 2.05) is 0 Å². The molecule has 1 saturated carbocycles. The number of hydrogen-bond acceptors (Lipinski definition) is 6. The summed E-state index contributed by atoms with van der Waals surface area (Å²) in [7, 11) is 0. The minimum atomic E-state index is -0.632. The van der Waals surface area contributed by atoms with Crippen LogP contribution in [0.4, 0.5) is 21.6 Å². The summed E-state index contributed by atoms with van der Waals surface area (Å²) >= 11 is 5.83. The Morgan fingerprint density at radius 3 is 2.83 bits per heavy atom. The number of aromatic nitrogens is 2. The van der Waals surface area contributed by atoms with Gasteiger partial charge in [0.25, 0.3) is 5.69 Å². The lowest BCUT2D eigenvalue weighted by Gasteiger charge is -2.10. The van der Waals surface area contributed by atoms with Gasteiger partial charge in [0.2, 0.25) is 0 Å². The number of piperidine rings is 1. The Kier molecular flexibility index (Phi) is 4.50. The zero-order valence-corrected chi connectivity index (χ0v) is 16.3. The van der Waals surface area contributed by atoms with Crippen molar-refractivity contribution in [1.82, 2.24) is 15.3 Å². The number of nitrogens with zero attached hydrogens (tertiary/aromatic N) is 3. The van der Waals surface area contributed by atoms with Gasteiger partial charge in [0.05, 0.1) is 21.2 Å². The van der Waals surface area contributed by atoms with E-state index in [-0.39, 0.29) is 28.1 Å². The fourth-order valence-corrected chi connectivity index (χ4v) is 4.14. The van der Waals surface area contributed by atoms with Gasteiger partial charge in [-0.2, -0.15) is 0 Å². The number of rotatable bonds is 3. The van der Waals surface area contributed by atoms with E-state index in [4.69, 9.17) is 11.6 Å². The Morgan fingerprint density at radius 1 is 1.27 bits per heavy atom. The molecule has 150 valence electrons. The van der Waals surface area contributed by atoms with E-state index in [2.05, 4.69) is 32.4 Å². The number of halogens is 2. The number of nitro benzene ring substituents is 1. The van der Waals surface area contributed by atoms with E-state index in [0.717, 1.165) is 13.1 Å². The molecule has 1 aliphatic heterocycles. The molecule has 7 nitrogen and oxygen atoms in total. The van der Waals surface area contributed by atoms with E-state index in [9.17, 15) is 14.5 Å². The molecule has 3 aromatic rings. The molecule has 0 spiro atoms. The van der Waals surface area contributed by atoms with E-state index >= 15 is 0 Å². The van der Waals surface area contributed by atoms with Crippen LogP contribution in [0.25, 0.3) is 10.9 Å². The maximum atomic E-state index is 14.3. The molecule has 2 aliphatic rings. The van der Waals surface area contributed by atoms with Crippen LogP contribution in [0, 0.1) is 45.5 Å². The third-order valence-corrected chi connectivity index (χ3v) is 5.91. The Bertz CT molecular complexity index is 1250. The molecule has 9 heteroatoms. The molecule has 5 rings (SSSR count). The van der Waals surface area contributed by atoms with Crippen molar-refractivity contribution < 1.29 is 9.31 Å². The SMILES string of the molecule is O=[N+]([O-])c1cc2c(Nc3cccc(Cl)c3F)ncnc2cc1C#C[C@@H]1[C@H]2CNC[C@@H]12. The van der Waals surface area contributed by atoms with Gasteiger partial charge in [0.15, 0.2) is 5.82 Å². The van der Waals surface area contributed by atoms with Crippen LogP contribution in [0.5, 0.6) is 0 Å². The van der Waals surface area contributed by atoms with Crippen molar-refractivity contribution in [1.29, 1.82) is 0 Å². The van der Waals surface area contributed by atoms with Gasteiger partial charge in [-0.3, -0.25) is 10.1 Å². The van der Waals surface area contributed by atoms with Gasteiger partial charge in [0, 0.05) is 17.4 Å². The Labute approximate surface area is 175 Å². The summed E-state index contributed by atoms with van der Waals surface area (Å²) in [6, 6.07) is 7.48. The topological polar surface area (TPSA) is 93.0 Å². The van der Waals surface area contributed by atoms with Crippen molar-refractivity contribution in [3.63, 3.8) is 0 Å². The molecule has 1 aromatic heterocycles. The first-order chi connectivity index (χ1) is 14.5. The van der Waals surface area contributed by atoms with Crippen LogP contribution < -0.4 is 10.6 Å². The van der Waals surface area contributed by atoms with Crippen molar-refractivity contribution in [2.75, 3.05) is 18.4 Å². The first-order valence-corrected chi connectivity index (χ1v) is 9.77. The zero-order valence-electron chi connectivity index (χ0n) is 15.5. The summed E-state index contributed by atoms with van der Waals surface area (Å²) in [5.74, 6) is 7.16. The Morgan fingerprint density at radius 2 is 2.07 bits per heavy atom. The third kappa shape index (κ3) is 3.22. The van der Waals surface area contributed by atoms with Crippen LogP contribution in [-0.2, 0) is 0 Å². The Hall–Kier alpha value is -3.28. The monoisotopic (exact) mass is 423 g/mol. The fourth-order valence-electron chi connectivity index (χ4n) is 3.96. The lowest BCUT2D eigenvalue weighted by atomic mass is 10.1. The molecular weight excluding hydrogens is 409 g/mol. The summed E-state index contributed by atoms with van der Waals surface area (Å²) < 4.78 is 14.3. The number of fused-ring (bicyclic) bond motifs is 2. The second-order valence-electron chi connectivity index (χ2n) is 7.37. The first-order valence-electron chi connectivity index (χ1n) is 9.39. The number of nitrogens with one attached hydrogen (secondary N) is 2. The summed E-state index contributed by atoms with van der Waals surface area (Å²) in [6.45, 7) is 1.90. The highest BCUT2D eigenvalue weighted by atomic mass is 35.5. The largest absolute Gasteiger partial charge is 0.337 e. The molecular formula is C21H15ClFN5O2. The van der Waals surface area contributed by atoms with Gasteiger partial charge < -0.3 is 10.6 Å². The van der Waals surface area contributed by atoms with E-state index in [0.29, 0.717) is 28.3 Å². The number of hydrogen-bond donors (Lipinski definition) is 2. The summed E-state index contributed by atoms with van der Waals surface area (Å²) in [5, 5.41) is 18.2. The van der Waals surface area contributed by atoms with Gasteiger partial charge >= 0.3 is 0 Å². The third-order valence-electron chi connectivity index (χ3n) is 5.62. The van der Waals surface area contributed by atoms with Crippen molar-refractivity contribution in [3.05, 3.63) is 63.2 Å². The van der Waals surface area contributed by atoms with Gasteiger partial charge in [-0.15, -0.1) is 0 Å². The summed E-state index contributed by atoms with van der Waals surface area (Å²) in [4.78, 5) is 19.5. The molecule has 1 aliphatic carbocycles. The maximum absolute atomic E-state index is 14.3. The van der Waals surface area contributed by atoms with Crippen molar-refractivity contribution in [2.45, 2.75) is 0 Å². The normalized spacial score (nSPS) is 21.6. The highest BCUT2D eigenvalue weighted by molar-refractivity contribution is 6.31. The molecule has 0 amide bonds. The molecule has 0 radical (unpaired) electrons. The molecule has 2 aromatic carbocycles. The van der Waals surface area contributed by atoms with Gasteiger partial charge in [-0.05, 0) is 43.1 Å². The fraction of sp³-hybridized carbons (Fsp3) is 0.238. The first kappa shape index (κ1) is 18.7. The van der Waals surface area contributed by atoms with Crippen LogP contribution in [-0.4, -0.2) is 28.0 Å². The molecule has 0 bridgehead atoms. The lowest BCUT2D eigenvalue weighted by Crippen LogP contribution is -2.13. The van der Waals surface area contributed by atoms with Crippen molar-refractivity contribution >= 4 is 39.7 Å². The maximum Gasteiger partial charge on any atom is 0.285 e. The molecule has 3 atom stereocenters. The van der Waals surface area contributed by atoms with E-state index in [1.54, 1.807) is 12.1 Å². The summed E-state index contributed by atoms with van der Waals surface area (Å²) in [6.07, 6.45) is 1.31. The van der Waals surface area contributed by atoms with Crippen LogP contribution in [0.15, 0.2) is 36.7 Å². The molecule has 2 heterocycles. The molecule has 2 N–H and O–H groups in total. The van der Waals surface area contributed by atoms with Crippen LogP contribution in [0.2, 0.25) is 5.02 Å². The minimum absolute atomic E-state index is 0.0399. The Balaban J connectivity index is 1.55. The van der Waals surface area contributed by atoms with Crippen LogP contribution in [0.3, 0.4) is 0 Å². The quantitative estimate of drug-likeness (QED) is 0.377. The standard InChI is InChI=1S/C21H15ClFN5O2/c22-16-2-1-3-17(20(16)23)27-21-13-7-19(28(29)30)11(6-18(13)25-10-26-21)4-5-12-14-8-24-9-15(12)14/h1-3,6-7,10,12,14-15,24H,8-9H2,(H,25,26,27)/t12-,14-,15+. The van der Waals surface area contributed by atoms with E-state index in [1.165, 1.54) is 24.5 Å².